The first-order valence-corrected chi connectivity index (χ1v) is 9.98. The van der Waals surface area contributed by atoms with Gasteiger partial charge in [-0.3, -0.25) is 4.79 Å². The van der Waals surface area contributed by atoms with Gasteiger partial charge in [0.2, 0.25) is 5.91 Å². The third kappa shape index (κ3) is 3.89. The van der Waals surface area contributed by atoms with Crippen molar-refractivity contribution in [1.82, 2.24) is 19.7 Å². The summed E-state index contributed by atoms with van der Waals surface area (Å²) in [6, 6.07) is 8.56. The predicted molar refractivity (Wildman–Crippen MR) is 102 cm³/mol. The SMILES string of the molecule is CCC1CCCCN1C(=O)CSc1nnc(-c2ccccc2C)n1C. The molecule has 1 aliphatic heterocycles. The summed E-state index contributed by atoms with van der Waals surface area (Å²) in [6.07, 6.45) is 4.53. The molecule has 3 rings (SSSR count). The minimum atomic E-state index is 0.219. The molecule has 1 atom stereocenters. The number of rotatable bonds is 5. The van der Waals surface area contributed by atoms with E-state index in [2.05, 4.69) is 41.1 Å². The molecule has 2 heterocycles. The van der Waals surface area contributed by atoms with Crippen LogP contribution in [0.25, 0.3) is 11.4 Å². The molecule has 0 saturated carbocycles. The highest BCUT2D eigenvalue weighted by atomic mass is 32.2. The van der Waals surface area contributed by atoms with Crippen molar-refractivity contribution in [3.8, 4) is 11.4 Å². The van der Waals surface area contributed by atoms with Crippen LogP contribution in [-0.4, -0.2) is 43.9 Å². The van der Waals surface area contributed by atoms with E-state index < -0.39 is 0 Å². The Kier molecular flexibility index (Phi) is 5.78. The van der Waals surface area contributed by atoms with Crippen LogP contribution in [0, 0.1) is 6.92 Å². The van der Waals surface area contributed by atoms with E-state index in [9.17, 15) is 4.79 Å². The third-order valence-electron chi connectivity index (χ3n) is 4.96. The van der Waals surface area contributed by atoms with E-state index in [4.69, 9.17) is 0 Å². The van der Waals surface area contributed by atoms with Gasteiger partial charge in [-0.05, 0) is 38.2 Å². The van der Waals surface area contributed by atoms with Crippen LogP contribution in [-0.2, 0) is 11.8 Å². The van der Waals surface area contributed by atoms with Gasteiger partial charge in [-0.25, -0.2) is 0 Å². The normalized spacial score (nSPS) is 17.7. The number of nitrogens with zero attached hydrogens (tertiary/aromatic N) is 4. The van der Waals surface area contributed by atoms with Crippen molar-refractivity contribution in [2.45, 2.75) is 50.7 Å². The molecular formula is C19H26N4OS. The molecule has 1 fully saturated rings. The summed E-state index contributed by atoms with van der Waals surface area (Å²) >= 11 is 1.48. The van der Waals surface area contributed by atoms with Gasteiger partial charge in [-0.15, -0.1) is 10.2 Å². The summed E-state index contributed by atoms with van der Waals surface area (Å²) in [6.45, 7) is 5.13. The van der Waals surface area contributed by atoms with Crippen LogP contribution in [0.4, 0.5) is 0 Å². The van der Waals surface area contributed by atoms with Crippen LogP contribution < -0.4 is 0 Å². The zero-order valence-electron chi connectivity index (χ0n) is 15.2. The first-order valence-electron chi connectivity index (χ1n) is 8.99. The minimum Gasteiger partial charge on any atom is -0.339 e. The van der Waals surface area contributed by atoms with E-state index >= 15 is 0 Å². The Morgan fingerprint density at radius 1 is 1.28 bits per heavy atom. The highest BCUT2D eigenvalue weighted by molar-refractivity contribution is 7.99. The molecule has 0 spiro atoms. The maximum Gasteiger partial charge on any atom is 0.233 e. The second kappa shape index (κ2) is 8.04. The van der Waals surface area contributed by atoms with E-state index in [1.807, 2.05) is 23.7 Å². The van der Waals surface area contributed by atoms with E-state index in [1.54, 1.807) is 0 Å². The average Bonchev–Trinajstić information content (AvgIpc) is 3.00. The quantitative estimate of drug-likeness (QED) is 0.765. The maximum atomic E-state index is 12.6. The van der Waals surface area contributed by atoms with Gasteiger partial charge >= 0.3 is 0 Å². The second-order valence-corrected chi connectivity index (χ2v) is 7.56. The Morgan fingerprint density at radius 2 is 2.08 bits per heavy atom. The van der Waals surface area contributed by atoms with Crippen molar-refractivity contribution < 1.29 is 4.79 Å². The lowest BCUT2D eigenvalue weighted by atomic mass is 10.0. The number of hydrogen-bond donors (Lipinski definition) is 0. The van der Waals surface area contributed by atoms with Gasteiger partial charge < -0.3 is 9.47 Å². The molecule has 1 unspecified atom stereocenters. The van der Waals surface area contributed by atoms with Crippen molar-refractivity contribution in [2.75, 3.05) is 12.3 Å². The zero-order chi connectivity index (χ0) is 17.8. The topological polar surface area (TPSA) is 51.0 Å². The number of carbonyl (C=O) groups is 1. The molecule has 1 aliphatic rings. The summed E-state index contributed by atoms with van der Waals surface area (Å²) in [5, 5.41) is 9.42. The Hall–Kier alpha value is -1.82. The van der Waals surface area contributed by atoms with Gasteiger partial charge in [-0.1, -0.05) is 43.0 Å². The van der Waals surface area contributed by atoms with Crippen molar-refractivity contribution in [2.24, 2.45) is 7.05 Å². The Balaban J connectivity index is 1.68. The van der Waals surface area contributed by atoms with E-state index in [-0.39, 0.29) is 5.91 Å². The summed E-state index contributed by atoms with van der Waals surface area (Å²) in [5.74, 6) is 1.49. The van der Waals surface area contributed by atoms with Gasteiger partial charge in [0, 0.05) is 25.2 Å². The number of amides is 1. The molecule has 0 N–H and O–H groups in total. The maximum absolute atomic E-state index is 12.6. The molecule has 25 heavy (non-hydrogen) atoms. The monoisotopic (exact) mass is 358 g/mol. The van der Waals surface area contributed by atoms with Crippen molar-refractivity contribution in [3.63, 3.8) is 0 Å². The highest BCUT2D eigenvalue weighted by Crippen LogP contribution is 2.26. The van der Waals surface area contributed by atoms with Crippen LogP contribution >= 0.6 is 11.8 Å². The van der Waals surface area contributed by atoms with Gasteiger partial charge in [0.1, 0.15) is 0 Å². The highest BCUT2D eigenvalue weighted by Gasteiger charge is 2.25. The van der Waals surface area contributed by atoms with Crippen LogP contribution in [0.5, 0.6) is 0 Å². The smallest absolute Gasteiger partial charge is 0.233 e. The molecule has 1 aromatic heterocycles. The second-order valence-electron chi connectivity index (χ2n) is 6.61. The summed E-state index contributed by atoms with van der Waals surface area (Å²) < 4.78 is 1.98. The van der Waals surface area contributed by atoms with E-state index in [1.165, 1.54) is 23.7 Å². The van der Waals surface area contributed by atoms with Crippen LogP contribution in [0.2, 0.25) is 0 Å². The number of carbonyl (C=O) groups excluding carboxylic acids is 1. The van der Waals surface area contributed by atoms with Crippen molar-refractivity contribution >= 4 is 17.7 Å². The van der Waals surface area contributed by atoms with Gasteiger partial charge in [0.25, 0.3) is 0 Å². The van der Waals surface area contributed by atoms with E-state index in [0.29, 0.717) is 11.8 Å². The van der Waals surface area contributed by atoms with Crippen LogP contribution in [0.1, 0.15) is 38.2 Å². The molecule has 0 radical (unpaired) electrons. The van der Waals surface area contributed by atoms with Crippen molar-refractivity contribution in [3.05, 3.63) is 29.8 Å². The molecule has 2 aromatic rings. The number of aromatic nitrogens is 3. The fraction of sp³-hybridized carbons (Fsp3) is 0.526. The standard InChI is InChI=1S/C19H26N4OS/c1-4-15-10-7-8-12-23(15)17(24)13-25-19-21-20-18(22(19)3)16-11-6-5-9-14(16)2/h5-6,9,11,15H,4,7-8,10,12-13H2,1-3H3. The Bertz CT molecular complexity index is 743. The third-order valence-corrected chi connectivity index (χ3v) is 5.97. The molecule has 1 saturated heterocycles. The lowest BCUT2D eigenvalue weighted by molar-refractivity contribution is -0.132. The number of likely N-dealkylation sites (tertiary alicyclic amines) is 1. The lowest BCUT2D eigenvalue weighted by Crippen LogP contribution is -2.44. The number of piperidine rings is 1. The van der Waals surface area contributed by atoms with Crippen LogP contribution in [0.15, 0.2) is 29.4 Å². The summed E-state index contributed by atoms with van der Waals surface area (Å²) in [5.41, 5.74) is 2.25. The first-order chi connectivity index (χ1) is 12.1. The summed E-state index contributed by atoms with van der Waals surface area (Å²) in [7, 11) is 1.96. The van der Waals surface area contributed by atoms with E-state index in [0.717, 1.165) is 42.4 Å². The van der Waals surface area contributed by atoms with Crippen LogP contribution in [0.3, 0.4) is 0 Å². The summed E-state index contributed by atoms with van der Waals surface area (Å²) in [4.78, 5) is 14.7. The molecular weight excluding hydrogens is 332 g/mol. The molecule has 0 aliphatic carbocycles. The average molecular weight is 359 g/mol. The first kappa shape index (κ1) is 18.0. The van der Waals surface area contributed by atoms with Crippen molar-refractivity contribution in [1.29, 1.82) is 0 Å². The van der Waals surface area contributed by atoms with Gasteiger partial charge in [0.05, 0.1) is 5.75 Å². The molecule has 0 bridgehead atoms. The number of hydrogen-bond acceptors (Lipinski definition) is 4. The van der Waals surface area contributed by atoms with Gasteiger partial charge in [-0.2, -0.15) is 0 Å². The lowest BCUT2D eigenvalue weighted by Gasteiger charge is -2.35. The number of thioether (sulfide) groups is 1. The Morgan fingerprint density at radius 3 is 2.84 bits per heavy atom. The number of benzene rings is 1. The predicted octanol–water partition coefficient (Wildman–Crippen LogP) is 3.67. The molecule has 5 nitrogen and oxygen atoms in total. The minimum absolute atomic E-state index is 0.219. The fourth-order valence-electron chi connectivity index (χ4n) is 3.46. The Labute approximate surface area is 153 Å². The molecule has 6 heteroatoms. The fourth-order valence-corrected chi connectivity index (χ4v) is 4.26. The molecule has 134 valence electrons. The molecule has 1 amide bonds. The van der Waals surface area contributed by atoms with Gasteiger partial charge in [0.15, 0.2) is 11.0 Å². The zero-order valence-corrected chi connectivity index (χ0v) is 16.1. The number of aryl methyl sites for hydroxylation is 1. The largest absolute Gasteiger partial charge is 0.339 e. The molecule has 1 aromatic carbocycles.